The van der Waals surface area contributed by atoms with Crippen molar-refractivity contribution < 1.29 is 9.59 Å². The van der Waals surface area contributed by atoms with E-state index in [9.17, 15) is 9.59 Å². The van der Waals surface area contributed by atoms with Gasteiger partial charge in [-0.25, -0.2) is 0 Å². The maximum atomic E-state index is 12.7. The number of amides is 2. The van der Waals surface area contributed by atoms with Gasteiger partial charge in [0.25, 0.3) is 5.91 Å². The predicted octanol–water partition coefficient (Wildman–Crippen LogP) is 2.84. The van der Waals surface area contributed by atoms with Gasteiger partial charge in [0.1, 0.15) is 0 Å². The van der Waals surface area contributed by atoms with Gasteiger partial charge in [0.2, 0.25) is 5.91 Å². The Morgan fingerprint density at radius 1 is 0.917 bits per heavy atom. The fraction of sp³-hybridized carbons (Fsp3) is 0.368. The second-order valence-corrected chi connectivity index (χ2v) is 7.40. The average Bonchev–Trinajstić information content (AvgIpc) is 3.26. The number of carbonyl (C=O) groups excluding carboxylic acids is 2. The third-order valence-electron chi connectivity index (χ3n) is 4.95. The van der Waals surface area contributed by atoms with Crippen molar-refractivity contribution in [3.8, 4) is 0 Å². The number of rotatable bonds is 3. The molecule has 2 aromatic rings. The summed E-state index contributed by atoms with van der Waals surface area (Å²) in [5, 5.41) is 1.92. The van der Waals surface area contributed by atoms with Crippen LogP contribution in [0.4, 0.5) is 0 Å². The third kappa shape index (κ3) is 2.96. The largest absolute Gasteiger partial charge is 0.339 e. The lowest BCUT2D eigenvalue weighted by atomic mass is 10.1. The third-order valence-corrected chi connectivity index (χ3v) is 5.80. The van der Waals surface area contributed by atoms with E-state index >= 15 is 0 Å². The van der Waals surface area contributed by atoms with E-state index < -0.39 is 0 Å². The lowest BCUT2D eigenvalue weighted by Crippen LogP contribution is -2.51. The lowest BCUT2D eigenvalue weighted by Gasteiger charge is -2.34. The van der Waals surface area contributed by atoms with Crippen molar-refractivity contribution in [1.82, 2.24) is 9.80 Å². The normalized spacial score (nSPS) is 23.2. The van der Waals surface area contributed by atoms with Crippen molar-refractivity contribution in [3.63, 3.8) is 0 Å². The second kappa shape index (κ2) is 6.40. The molecule has 1 saturated carbocycles. The summed E-state index contributed by atoms with van der Waals surface area (Å²) in [5.41, 5.74) is 1.27. The molecule has 4 rings (SSSR count). The highest BCUT2D eigenvalue weighted by Gasteiger charge is 2.46. The average molecular weight is 340 g/mol. The van der Waals surface area contributed by atoms with E-state index in [2.05, 4.69) is 12.1 Å². The van der Waals surface area contributed by atoms with Gasteiger partial charge in [0, 0.05) is 32.1 Å². The van der Waals surface area contributed by atoms with Gasteiger partial charge < -0.3 is 9.80 Å². The zero-order chi connectivity index (χ0) is 16.5. The molecule has 1 aliphatic heterocycles. The van der Waals surface area contributed by atoms with Gasteiger partial charge in [-0.3, -0.25) is 9.59 Å². The molecule has 5 heteroatoms. The molecule has 24 heavy (non-hydrogen) atoms. The maximum absolute atomic E-state index is 12.7. The maximum Gasteiger partial charge on any atom is 0.264 e. The summed E-state index contributed by atoms with van der Waals surface area (Å²) in [7, 11) is 0. The van der Waals surface area contributed by atoms with Crippen molar-refractivity contribution in [1.29, 1.82) is 0 Å². The van der Waals surface area contributed by atoms with Gasteiger partial charge in [0.05, 0.1) is 4.88 Å². The molecule has 0 unspecified atom stereocenters. The first kappa shape index (κ1) is 15.4. The van der Waals surface area contributed by atoms with Crippen LogP contribution in [0.1, 0.15) is 27.6 Å². The summed E-state index contributed by atoms with van der Waals surface area (Å²) >= 11 is 1.47. The van der Waals surface area contributed by atoms with Crippen LogP contribution in [-0.2, 0) is 4.79 Å². The number of nitrogens with zero attached hydrogens (tertiary/aromatic N) is 2. The number of benzene rings is 1. The highest BCUT2D eigenvalue weighted by Crippen LogP contribution is 2.48. The van der Waals surface area contributed by atoms with Crippen LogP contribution in [0.3, 0.4) is 0 Å². The molecule has 0 bridgehead atoms. The Morgan fingerprint density at radius 3 is 2.29 bits per heavy atom. The van der Waals surface area contributed by atoms with E-state index in [4.69, 9.17) is 0 Å². The van der Waals surface area contributed by atoms with Crippen LogP contribution in [-0.4, -0.2) is 47.8 Å². The molecule has 4 nitrogen and oxygen atoms in total. The van der Waals surface area contributed by atoms with Crippen molar-refractivity contribution in [2.75, 3.05) is 26.2 Å². The molecular formula is C19H20N2O2S. The smallest absolute Gasteiger partial charge is 0.264 e. The van der Waals surface area contributed by atoms with Gasteiger partial charge in [0.15, 0.2) is 0 Å². The molecule has 2 aliphatic rings. The summed E-state index contributed by atoms with van der Waals surface area (Å²) in [4.78, 5) is 29.6. The van der Waals surface area contributed by atoms with Crippen molar-refractivity contribution in [2.45, 2.75) is 12.3 Å². The Hall–Kier alpha value is -2.14. The summed E-state index contributed by atoms with van der Waals surface area (Å²) in [6.45, 7) is 2.55. The highest BCUT2D eigenvalue weighted by atomic mass is 32.1. The minimum Gasteiger partial charge on any atom is -0.339 e. The first-order valence-electron chi connectivity index (χ1n) is 8.40. The number of hydrogen-bond donors (Lipinski definition) is 0. The van der Waals surface area contributed by atoms with Gasteiger partial charge in [-0.05, 0) is 29.3 Å². The zero-order valence-electron chi connectivity index (χ0n) is 13.4. The van der Waals surface area contributed by atoms with Crippen LogP contribution in [0.5, 0.6) is 0 Å². The monoisotopic (exact) mass is 340 g/mol. The highest BCUT2D eigenvalue weighted by molar-refractivity contribution is 7.12. The SMILES string of the molecule is O=C(c1cccs1)N1CCN(C(=O)[C@@H]2C[C@H]2c2ccccc2)CC1. The second-order valence-electron chi connectivity index (χ2n) is 6.45. The zero-order valence-corrected chi connectivity index (χ0v) is 14.2. The molecule has 0 radical (unpaired) electrons. The fourth-order valence-corrected chi connectivity index (χ4v) is 4.15. The first-order chi connectivity index (χ1) is 11.7. The van der Waals surface area contributed by atoms with Crippen LogP contribution in [0.25, 0.3) is 0 Å². The van der Waals surface area contributed by atoms with E-state index in [0.29, 0.717) is 32.1 Å². The summed E-state index contributed by atoms with van der Waals surface area (Å²) in [6.07, 6.45) is 0.956. The van der Waals surface area contributed by atoms with Crippen molar-refractivity contribution in [3.05, 3.63) is 58.3 Å². The van der Waals surface area contributed by atoms with Gasteiger partial charge in [-0.1, -0.05) is 36.4 Å². The number of piperazine rings is 1. The Kier molecular flexibility index (Phi) is 4.10. The Morgan fingerprint density at radius 2 is 1.62 bits per heavy atom. The fourth-order valence-electron chi connectivity index (χ4n) is 3.46. The van der Waals surface area contributed by atoms with Crippen LogP contribution >= 0.6 is 11.3 Å². The number of thiophene rings is 1. The van der Waals surface area contributed by atoms with Crippen molar-refractivity contribution >= 4 is 23.2 Å². The van der Waals surface area contributed by atoms with Crippen LogP contribution < -0.4 is 0 Å². The molecule has 1 aromatic heterocycles. The van der Waals surface area contributed by atoms with Crippen LogP contribution in [0.2, 0.25) is 0 Å². The summed E-state index contributed by atoms with van der Waals surface area (Å²) in [6, 6.07) is 14.0. The number of carbonyl (C=O) groups is 2. The Balaban J connectivity index is 1.32. The standard InChI is InChI=1S/C19H20N2O2S/c22-18(16-13-15(16)14-5-2-1-3-6-14)20-8-10-21(11-9-20)19(23)17-7-4-12-24-17/h1-7,12,15-16H,8-11,13H2/t15-,16+/m0/s1. The van der Waals surface area contributed by atoms with E-state index in [1.807, 2.05) is 45.5 Å². The minimum absolute atomic E-state index is 0.0886. The molecule has 2 heterocycles. The first-order valence-corrected chi connectivity index (χ1v) is 9.28. The van der Waals surface area contributed by atoms with Crippen LogP contribution in [0.15, 0.2) is 47.8 Å². The molecule has 2 atom stereocenters. The van der Waals surface area contributed by atoms with Crippen LogP contribution in [0, 0.1) is 5.92 Å². The molecule has 1 aromatic carbocycles. The molecule has 2 amide bonds. The van der Waals surface area contributed by atoms with Gasteiger partial charge in [-0.2, -0.15) is 0 Å². The Labute approximate surface area is 145 Å². The molecule has 2 fully saturated rings. The van der Waals surface area contributed by atoms with E-state index in [-0.39, 0.29) is 17.7 Å². The molecule has 0 spiro atoms. The minimum atomic E-state index is 0.0886. The summed E-state index contributed by atoms with van der Waals surface area (Å²) < 4.78 is 0. The summed E-state index contributed by atoms with van der Waals surface area (Å²) in [5.74, 6) is 0.856. The topological polar surface area (TPSA) is 40.6 Å². The lowest BCUT2D eigenvalue weighted by molar-refractivity contribution is -0.134. The molecule has 1 saturated heterocycles. The molecule has 0 N–H and O–H groups in total. The predicted molar refractivity (Wildman–Crippen MR) is 94.1 cm³/mol. The molecule has 1 aliphatic carbocycles. The van der Waals surface area contributed by atoms with E-state index in [0.717, 1.165) is 11.3 Å². The van der Waals surface area contributed by atoms with Crippen molar-refractivity contribution in [2.24, 2.45) is 5.92 Å². The molecular weight excluding hydrogens is 320 g/mol. The van der Waals surface area contributed by atoms with E-state index in [1.165, 1.54) is 16.9 Å². The van der Waals surface area contributed by atoms with Gasteiger partial charge in [-0.15, -0.1) is 11.3 Å². The quantitative estimate of drug-likeness (QED) is 0.862. The van der Waals surface area contributed by atoms with E-state index in [1.54, 1.807) is 0 Å². The Bertz CT molecular complexity index is 721. The van der Waals surface area contributed by atoms with Gasteiger partial charge >= 0.3 is 0 Å². The number of hydrogen-bond acceptors (Lipinski definition) is 3. The molecule has 124 valence electrons.